The number of rotatable bonds is 9. The molecule has 1 aliphatic rings. The zero-order chi connectivity index (χ0) is 20.7. The summed E-state index contributed by atoms with van der Waals surface area (Å²) in [6.07, 6.45) is 0.0887. The number of hydrogen-bond donors (Lipinski definition) is 2. The smallest absolute Gasteiger partial charge is 0.240 e. The summed E-state index contributed by atoms with van der Waals surface area (Å²) in [5, 5.41) is 4.98. The standard InChI is InChI=1S/C20H27N3O4S2/c1-16-4-6-17(7-5-16)29(25,26)22-9-8-20(24)21-15-18(19-3-2-14-28-19)23-10-12-27-13-11-23/h2-7,14,18,22H,8-13,15H2,1H3,(H,21,24). The van der Waals surface area contributed by atoms with Gasteiger partial charge in [0.05, 0.1) is 24.2 Å². The molecule has 29 heavy (non-hydrogen) atoms. The molecule has 0 aliphatic carbocycles. The topological polar surface area (TPSA) is 87.7 Å². The Bertz CT molecular complexity index is 877. The van der Waals surface area contributed by atoms with Crippen LogP contribution >= 0.6 is 11.3 Å². The van der Waals surface area contributed by atoms with E-state index in [1.807, 2.05) is 18.4 Å². The Kier molecular flexibility index (Phi) is 7.79. The Morgan fingerprint density at radius 3 is 2.59 bits per heavy atom. The number of aryl methyl sites for hydroxylation is 1. The van der Waals surface area contributed by atoms with Crippen LogP contribution in [0, 0.1) is 6.92 Å². The maximum Gasteiger partial charge on any atom is 0.240 e. The van der Waals surface area contributed by atoms with Gasteiger partial charge in [-0.15, -0.1) is 11.3 Å². The molecule has 1 aromatic carbocycles. The average molecular weight is 438 g/mol. The van der Waals surface area contributed by atoms with Crippen molar-refractivity contribution in [1.29, 1.82) is 0 Å². The first-order valence-electron chi connectivity index (χ1n) is 9.64. The zero-order valence-corrected chi connectivity index (χ0v) is 18.1. The van der Waals surface area contributed by atoms with Gasteiger partial charge in [-0.25, -0.2) is 13.1 Å². The fourth-order valence-electron chi connectivity index (χ4n) is 3.18. The van der Waals surface area contributed by atoms with E-state index in [0.29, 0.717) is 19.8 Å². The largest absolute Gasteiger partial charge is 0.379 e. The lowest BCUT2D eigenvalue weighted by molar-refractivity contribution is -0.121. The Morgan fingerprint density at radius 2 is 1.93 bits per heavy atom. The highest BCUT2D eigenvalue weighted by Gasteiger charge is 2.24. The SMILES string of the molecule is Cc1ccc(S(=O)(=O)NCCC(=O)NCC(c2cccs2)N2CCOCC2)cc1. The Morgan fingerprint density at radius 1 is 1.21 bits per heavy atom. The van der Waals surface area contributed by atoms with Crippen LogP contribution in [0.1, 0.15) is 22.9 Å². The van der Waals surface area contributed by atoms with E-state index < -0.39 is 10.0 Å². The number of hydrogen-bond acceptors (Lipinski definition) is 6. The van der Waals surface area contributed by atoms with Crippen LogP contribution in [0.2, 0.25) is 0 Å². The quantitative estimate of drug-likeness (QED) is 0.626. The number of carbonyl (C=O) groups is 1. The fourth-order valence-corrected chi connectivity index (χ4v) is 5.07. The molecule has 1 fully saturated rings. The zero-order valence-electron chi connectivity index (χ0n) is 16.5. The van der Waals surface area contributed by atoms with Gasteiger partial charge in [0, 0.05) is 37.5 Å². The number of carbonyl (C=O) groups excluding carboxylic acids is 1. The molecule has 2 N–H and O–H groups in total. The van der Waals surface area contributed by atoms with Gasteiger partial charge in [-0.1, -0.05) is 23.8 Å². The Labute approximate surface area is 176 Å². The summed E-state index contributed by atoms with van der Waals surface area (Å²) >= 11 is 1.67. The van der Waals surface area contributed by atoms with Crippen LogP contribution in [0.4, 0.5) is 0 Å². The summed E-state index contributed by atoms with van der Waals surface area (Å²) in [5.41, 5.74) is 0.990. The molecule has 1 aliphatic heterocycles. The average Bonchev–Trinajstić information content (AvgIpc) is 3.24. The molecule has 2 heterocycles. The van der Waals surface area contributed by atoms with E-state index in [1.54, 1.807) is 35.6 Å². The minimum atomic E-state index is -3.61. The molecule has 1 unspecified atom stereocenters. The summed E-state index contributed by atoms with van der Waals surface area (Å²) in [5.74, 6) is -0.175. The van der Waals surface area contributed by atoms with Gasteiger partial charge >= 0.3 is 0 Å². The number of ether oxygens (including phenoxy) is 1. The normalized spacial score (nSPS) is 16.4. The van der Waals surface area contributed by atoms with E-state index in [2.05, 4.69) is 21.0 Å². The number of thiophene rings is 1. The first kappa shape index (κ1) is 21.9. The van der Waals surface area contributed by atoms with E-state index in [4.69, 9.17) is 4.74 Å². The summed E-state index contributed by atoms with van der Waals surface area (Å²) in [4.78, 5) is 16.0. The molecule has 0 radical (unpaired) electrons. The summed E-state index contributed by atoms with van der Waals surface area (Å²) < 4.78 is 32.5. The highest BCUT2D eigenvalue weighted by Crippen LogP contribution is 2.25. The van der Waals surface area contributed by atoms with E-state index in [-0.39, 0.29) is 29.8 Å². The maximum absolute atomic E-state index is 12.3. The lowest BCUT2D eigenvalue weighted by Gasteiger charge is -2.34. The molecule has 1 atom stereocenters. The predicted octanol–water partition coefficient (Wildman–Crippen LogP) is 1.91. The minimum absolute atomic E-state index is 0.0588. The molecular weight excluding hydrogens is 410 g/mol. The van der Waals surface area contributed by atoms with Crippen molar-refractivity contribution in [2.45, 2.75) is 24.3 Å². The van der Waals surface area contributed by atoms with Gasteiger partial charge in [0.25, 0.3) is 0 Å². The summed E-state index contributed by atoms with van der Waals surface area (Å²) in [6.45, 7) is 5.48. The number of nitrogens with one attached hydrogen (secondary N) is 2. The predicted molar refractivity (Wildman–Crippen MR) is 113 cm³/mol. The van der Waals surface area contributed by atoms with Crippen LogP contribution in [0.25, 0.3) is 0 Å². The van der Waals surface area contributed by atoms with Crippen LogP contribution < -0.4 is 10.0 Å². The molecule has 7 nitrogen and oxygen atoms in total. The van der Waals surface area contributed by atoms with Crippen molar-refractivity contribution >= 4 is 27.3 Å². The van der Waals surface area contributed by atoms with Gasteiger partial charge in [0.1, 0.15) is 0 Å². The second-order valence-electron chi connectivity index (χ2n) is 6.94. The minimum Gasteiger partial charge on any atom is -0.379 e. The monoisotopic (exact) mass is 437 g/mol. The van der Waals surface area contributed by atoms with Gasteiger partial charge in [0.2, 0.25) is 15.9 Å². The van der Waals surface area contributed by atoms with Crippen molar-refractivity contribution in [1.82, 2.24) is 14.9 Å². The first-order valence-corrected chi connectivity index (χ1v) is 12.0. The summed E-state index contributed by atoms with van der Waals surface area (Å²) in [6, 6.07) is 10.8. The van der Waals surface area contributed by atoms with Crippen molar-refractivity contribution < 1.29 is 17.9 Å². The van der Waals surface area contributed by atoms with Crippen molar-refractivity contribution in [2.24, 2.45) is 0 Å². The first-order chi connectivity index (χ1) is 14.0. The molecule has 9 heteroatoms. The molecule has 0 bridgehead atoms. The number of sulfonamides is 1. The number of nitrogens with zero attached hydrogens (tertiary/aromatic N) is 1. The second kappa shape index (κ2) is 10.3. The third-order valence-electron chi connectivity index (χ3n) is 4.83. The van der Waals surface area contributed by atoms with E-state index in [0.717, 1.165) is 18.7 Å². The molecule has 158 valence electrons. The molecular formula is C20H27N3O4S2. The molecule has 3 rings (SSSR count). The molecule has 1 aromatic heterocycles. The third kappa shape index (κ3) is 6.35. The van der Waals surface area contributed by atoms with Crippen LogP contribution in [0.15, 0.2) is 46.7 Å². The molecule has 1 amide bonds. The summed E-state index contributed by atoms with van der Waals surface area (Å²) in [7, 11) is -3.61. The number of benzene rings is 1. The van der Waals surface area contributed by atoms with Gasteiger partial charge in [-0.05, 0) is 30.5 Å². The van der Waals surface area contributed by atoms with E-state index in [9.17, 15) is 13.2 Å². The van der Waals surface area contributed by atoms with Crippen LogP contribution in [0.3, 0.4) is 0 Å². The van der Waals surface area contributed by atoms with E-state index >= 15 is 0 Å². The Balaban J connectivity index is 1.48. The lowest BCUT2D eigenvalue weighted by Crippen LogP contribution is -2.43. The van der Waals surface area contributed by atoms with Crippen molar-refractivity contribution in [3.63, 3.8) is 0 Å². The van der Waals surface area contributed by atoms with Crippen molar-refractivity contribution in [2.75, 3.05) is 39.4 Å². The van der Waals surface area contributed by atoms with Gasteiger partial charge in [-0.2, -0.15) is 0 Å². The Hall–Kier alpha value is -1.78. The molecule has 0 spiro atoms. The van der Waals surface area contributed by atoms with Crippen molar-refractivity contribution in [3.05, 3.63) is 52.2 Å². The number of morpholine rings is 1. The maximum atomic E-state index is 12.3. The van der Waals surface area contributed by atoms with Crippen LogP contribution in [-0.2, 0) is 19.6 Å². The molecule has 0 saturated carbocycles. The van der Waals surface area contributed by atoms with Gasteiger partial charge < -0.3 is 10.1 Å². The van der Waals surface area contributed by atoms with Crippen LogP contribution in [0.5, 0.6) is 0 Å². The highest BCUT2D eigenvalue weighted by molar-refractivity contribution is 7.89. The van der Waals surface area contributed by atoms with Gasteiger partial charge in [0.15, 0.2) is 0 Å². The third-order valence-corrected chi connectivity index (χ3v) is 7.28. The lowest BCUT2D eigenvalue weighted by atomic mass is 10.2. The van der Waals surface area contributed by atoms with E-state index in [1.165, 1.54) is 4.88 Å². The van der Waals surface area contributed by atoms with Crippen molar-refractivity contribution in [3.8, 4) is 0 Å². The van der Waals surface area contributed by atoms with Crippen LogP contribution in [-0.4, -0.2) is 58.6 Å². The fraction of sp³-hybridized carbons (Fsp3) is 0.450. The second-order valence-corrected chi connectivity index (χ2v) is 9.69. The van der Waals surface area contributed by atoms with Gasteiger partial charge in [-0.3, -0.25) is 9.69 Å². The molecule has 1 saturated heterocycles. The number of amides is 1. The highest BCUT2D eigenvalue weighted by atomic mass is 32.2. The molecule has 2 aromatic rings.